The van der Waals surface area contributed by atoms with Crippen LogP contribution in [-0.4, -0.2) is 63.1 Å². The van der Waals surface area contributed by atoms with E-state index in [1.54, 1.807) is 37.7 Å². The van der Waals surface area contributed by atoms with Crippen LogP contribution >= 0.6 is 0 Å². The number of piperidine rings is 1. The van der Waals surface area contributed by atoms with Crippen LogP contribution in [0.5, 0.6) is 5.75 Å². The van der Waals surface area contributed by atoms with E-state index < -0.39 is 16.9 Å². The zero-order valence-corrected chi connectivity index (χ0v) is 21.8. The van der Waals surface area contributed by atoms with Gasteiger partial charge >= 0.3 is 0 Å². The normalized spacial score (nSPS) is 35.2. The number of carbonyl (C=O) groups excluding carboxylic acids is 2. The van der Waals surface area contributed by atoms with Gasteiger partial charge in [-0.3, -0.25) is 24.5 Å². The van der Waals surface area contributed by atoms with Gasteiger partial charge in [0.1, 0.15) is 5.75 Å². The van der Waals surface area contributed by atoms with Crippen LogP contribution in [0.1, 0.15) is 70.4 Å². The van der Waals surface area contributed by atoms with Gasteiger partial charge in [-0.05, 0) is 74.3 Å². The SMILES string of the molecule is COc1c(C(N)=O)ccc2c1C13CC(NC(=O)c4ccc5nccnc5c4)CCC1(O)C1N(CC4CC4)C21C3. The molecular formula is C30H31N5O4. The van der Waals surface area contributed by atoms with Crippen molar-refractivity contribution in [1.82, 2.24) is 20.2 Å². The molecule has 2 spiro atoms. The van der Waals surface area contributed by atoms with Gasteiger partial charge in [0.05, 0.1) is 40.9 Å². The van der Waals surface area contributed by atoms with Gasteiger partial charge in [0.2, 0.25) is 0 Å². The molecule has 200 valence electrons. The van der Waals surface area contributed by atoms with Crippen LogP contribution in [-0.2, 0) is 11.0 Å². The molecule has 3 aromatic rings. The zero-order valence-electron chi connectivity index (χ0n) is 21.8. The van der Waals surface area contributed by atoms with Crippen LogP contribution in [0.2, 0.25) is 0 Å². The molecule has 9 heteroatoms. The molecule has 5 aliphatic rings. The summed E-state index contributed by atoms with van der Waals surface area (Å²) in [5, 5.41) is 15.8. The second kappa shape index (κ2) is 7.55. The molecule has 2 bridgehead atoms. The molecule has 8 rings (SSSR count). The molecule has 2 heterocycles. The van der Waals surface area contributed by atoms with E-state index in [4.69, 9.17) is 10.5 Å². The van der Waals surface area contributed by atoms with Crippen LogP contribution in [0.25, 0.3) is 11.0 Å². The lowest BCUT2D eigenvalue weighted by molar-refractivity contribution is -0.0776. The van der Waals surface area contributed by atoms with Crippen molar-refractivity contribution in [3.63, 3.8) is 0 Å². The maximum atomic E-state index is 13.4. The van der Waals surface area contributed by atoms with Gasteiger partial charge in [0.15, 0.2) is 0 Å². The Morgan fingerprint density at radius 3 is 2.69 bits per heavy atom. The van der Waals surface area contributed by atoms with Crippen LogP contribution in [0.3, 0.4) is 0 Å². The number of nitrogens with two attached hydrogens (primary N) is 1. The lowest BCUT2D eigenvalue weighted by Crippen LogP contribution is -2.60. The molecule has 1 saturated heterocycles. The smallest absolute Gasteiger partial charge is 0.252 e. The average molecular weight is 526 g/mol. The molecule has 4 aliphatic carbocycles. The lowest BCUT2D eigenvalue weighted by Gasteiger charge is -2.51. The Morgan fingerprint density at radius 1 is 1.15 bits per heavy atom. The number of rotatable bonds is 6. The third kappa shape index (κ3) is 2.87. The Balaban J connectivity index is 1.17. The van der Waals surface area contributed by atoms with Crippen molar-refractivity contribution in [3.8, 4) is 5.75 Å². The fourth-order valence-corrected chi connectivity index (χ4v) is 8.63. The number of carbonyl (C=O) groups is 2. The minimum absolute atomic E-state index is 0.0537. The summed E-state index contributed by atoms with van der Waals surface area (Å²) in [7, 11) is 1.57. The van der Waals surface area contributed by atoms with Gasteiger partial charge < -0.3 is 20.9 Å². The van der Waals surface area contributed by atoms with E-state index in [0.717, 1.165) is 29.6 Å². The number of hydrogen-bond acceptors (Lipinski definition) is 7. The second-order valence-corrected chi connectivity index (χ2v) is 12.2. The standard InChI is InChI=1S/C30H31N5O4/c1-39-24-19(25(31)36)5-6-20-23(24)28-13-18(34-26(37)17-4-7-21-22(12-17)33-11-10-32-21)8-9-30(28,38)27-29(20,15-28)35(27)14-16-2-3-16/h4-7,10-12,16,18,27,38H,2-3,8-9,13-15H2,1H3,(H2,31,36)(H,34,37). The molecule has 6 unspecified atom stereocenters. The summed E-state index contributed by atoms with van der Waals surface area (Å²) >= 11 is 0. The molecule has 1 aliphatic heterocycles. The molecule has 4 N–H and O–H groups in total. The van der Waals surface area contributed by atoms with Crippen molar-refractivity contribution in [1.29, 1.82) is 0 Å². The molecule has 4 fully saturated rings. The molecule has 39 heavy (non-hydrogen) atoms. The molecular weight excluding hydrogens is 494 g/mol. The minimum Gasteiger partial charge on any atom is -0.496 e. The highest BCUT2D eigenvalue weighted by Gasteiger charge is 2.88. The average Bonchev–Trinajstić information content (AvgIpc) is 3.83. The molecule has 3 saturated carbocycles. The molecule has 2 amide bonds. The first kappa shape index (κ1) is 23.3. The second-order valence-electron chi connectivity index (χ2n) is 12.2. The number of ether oxygens (including phenoxy) is 1. The van der Waals surface area contributed by atoms with E-state index in [2.05, 4.69) is 20.2 Å². The predicted molar refractivity (Wildman–Crippen MR) is 142 cm³/mol. The van der Waals surface area contributed by atoms with Gasteiger partial charge in [-0.25, -0.2) is 0 Å². The number of aliphatic hydroxyl groups is 1. The van der Waals surface area contributed by atoms with Crippen molar-refractivity contribution in [2.45, 2.75) is 67.2 Å². The minimum atomic E-state index is -0.960. The van der Waals surface area contributed by atoms with Crippen molar-refractivity contribution in [3.05, 3.63) is 65.0 Å². The summed E-state index contributed by atoms with van der Waals surface area (Å²) in [5.74, 6) is 0.462. The van der Waals surface area contributed by atoms with Gasteiger partial charge in [-0.15, -0.1) is 0 Å². The maximum absolute atomic E-state index is 13.4. The molecule has 1 aromatic heterocycles. The fraction of sp³-hybridized carbons (Fsp3) is 0.467. The zero-order chi connectivity index (χ0) is 26.7. The summed E-state index contributed by atoms with van der Waals surface area (Å²) in [6.07, 6.45) is 8.31. The Kier molecular flexibility index (Phi) is 4.52. The Labute approximate surface area is 225 Å². The van der Waals surface area contributed by atoms with Gasteiger partial charge in [0.25, 0.3) is 11.8 Å². The number of amides is 2. The quantitative estimate of drug-likeness (QED) is 0.421. The van der Waals surface area contributed by atoms with Gasteiger partial charge in [-0.1, -0.05) is 6.07 Å². The van der Waals surface area contributed by atoms with Crippen LogP contribution in [0.15, 0.2) is 42.7 Å². The van der Waals surface area contributed by atoms with Crippen LogP contribution < -0.4 is 15.8 Å². The monoisotopic (exact) mass is 525 g/mol. The van der Waals surface area contributed by atoms with E-state index in [-0.39, 0.29) is 23.5 Å². The molecule has 9 nitrogen and oxygen atoms in total. The third-order valence-corrected chi connectivity index (χ3v) is 10.3. The van der Waals surface area contributed by atoms with Crippen molar-refractivity contribution >= 4 is 22.8 Å². The van der Waals surface area contributed by atoms with E-state index >= 15 is 0 Å². The highest BCUT2D eigenvalue weighted by molar-refractivity contribution is 5.98. The first-order valence-electron chi connectivity index (χ1n) is 13.8. The highest BCUT2D eigenvalue weighted by atomic mass is 16.5. The van der Waals surface area contributed by atoms with Gasteiger partial charge in [-0.2, -0.15) is 0 Å². The molecule has 6 atom stereocenters. The van der Waals surface area contributed by atoms with Crippen molar-refractivity contribution in [2.24, 2.45) is 11.7 Å². The maximum Gasteiger partial charge on any atom is 0.252 e. The van der Waals surface area contributed by atoms with Crippen LogP contribution in [0.4, 0.5) is 0 Å². The number of methoxy groups -OCH3 is 1. The number of benzene rings is 2. The summed E-state index contributed by atoms with van der Waals surface area (Å²) in [5.41, 5.74) is 8.28. The molecule has 0 radical (unpaired) electrons. The highest BCUT2D eigenvalue weighted by Crippen LogP contribution is 2.80. The van der Waals surface area contributed by atoms with Gasteiger partial charge in [0, 0.05) is 41.5 Å². The Hall–Kier alpha value is -3.56. The predicted octanol–water partition coefficient (Wildman–Crippen LogP) is 2.40. The third-order valence-electron chi connectivity index (χ3n) is 10.3. The summed E-state index contributed by atoms with van der Waals surface area (Å²) in [6.45, 7) is 0.993. The summed E-state index contributed by atoms with van der Waals surface area (Å²) in [4.78, 5) is 36.9. The summed E-state index contributed by atoms with van der Waals surface area (Å²) < 4.78 is 5.88. The van der Waals surface area contributed by atoms with E-state index in [9.17, 15) is 14.7 Å². The number of nitrogens with zero attached hydrogens (tertiary/aromatic N) is 3. The van der Waals surface area contributed by atoms with E-state index in [1.165, 1.54) is 12.8 Å². The number of primary amides is 1. The number of nitrogens with one attached hydrogen (secondary N) is 1. The first-order chi connectivity index (χ1) is 18.8. The van der Waals surface area contributed by atoms with Crippen molar-refractivity contribution < 1.29 is 19.4 Å². The summed E-state index contributed by atoms with van der Waals surface area (Å²) in [6, 6.07) is 9.06. The fourth-order valence-electron chi connectivity index (χ4n) is 8.63. The largest absolute Gasteiger partial charge is 0.496 e. The molecule has 2 aromatic carbocycles. The Morgan fingerprint density at radius 2 is 1.95 bits per heavy atom. The van der Waals surface area contributed by atoms with Crippen LogP contribution in [0, 0.1) is 5.92 Å². The number of hydrogen-bond donors (Lipinski definition) is 3. The number of likely N-dealkylation sites (tertiary alicyclic amines) is 1. The number of fused-ring (bicyclic) bond motifs is 3. The van der Waals surface area contributed by atoms with Crippen molar-refractivity contribution in [2.75, 3.05) is 13.7 Å². The first-order valence-corrected chi connectivity index (χ1v) is 13.8. The Bertz CT molecular complexity index is 1590. The number of aromatic nitrogens is 2. The topological polar surface area (TPSA) is 130 Å². The van der Waals surface area contributed by atoms with E-state index in [1.807, 2.05) is 12.1 Å². The lowest BCUT2D eigenvalue weighted by atomic mass is 9.58. The van der Waals surface area contributed by atoms with E-state index in [0.29, 0.717) is 47.6 Å².